The summed E-state index contributed by atoms with van der Waals surface area (Å²) < 4.78 is 45.2. The van der Waals surface area contributed by atoms with Crippen LogP contribution in [-0.2, 0) is 24.7 Å². The maximum atomic E-state index is 12.0. The predicted molar refractivity (Wildman–Crippen MR) is 77.9 cm³/mol. The molecular formula is C12H16N2O5S2. The summed E-state index contributed by atoms with van der Waals surface area (Å²) >= 11 is 0. The molecule has 1 aliphatic rings. The van der Waals surface area contributed by atoms with E-state index in [2.05, 4.69) is 5.32 Å². The molecule has 1 heterocycles. The number of anilines is 1. The van der Waals surface area contributed by atoms with Gasteiger partial charge in [-0.05, 0) is 37.1 Å². The molecule has 1 amide bonds. The van der Waals surface area contributed by atoms with Crippen LogP contribution in [0.15, 0.2) is 23.1 Å². The lowest BCUT2D eigenvalue weighted by Gasteiger charge is -2.12. The number of sulfone groups is 1. The Hall–Kier alpha value is -1.45. The fourth-order valence-corrected chi connectivity index (χ4v) is 4.53. The van der Waals surface area contributed by atoms with E-state index in [1.807, 2.05) is 0 Å². The highest BCUT2D eigenvalue weighted by Gasteiger charge is 2.33. The topological polar surface area (TPSA) is 123 Å². The van der Waals surface area contributed by atoms with E-state index < -0.39 is 25.8 Å². The highest BCUT2D eigenvalue weighted by Crippen LogP contribution is 2.23. The highest BCUT2D eigenvalue weighted by atomic mass is 32.2. The van der Waals surface area contributed by atoms with Crippen molar-refractivity contribution in [2.75, 3.05) is 16.8 Å². The molecule has 21 heavy (non-hydrogen) atoms. The number of sulfonamides is 1. The first-order valence-corrected chi connectivity index (χ1v) is 9.60. The summed E-state index contributed by atoms with van der Waals surface area (Å²) in [6.45, 7) is 1.63. The van der Waals surface area contributed by atoms with E-state index in [0.717, 1.165) is 0 Å². The molecule has 1 atom stereocenters. The van der Waals surface area contributed by atoms with Crippen molar-refractivity contribution >= 4 is 31.5 Å². The van der Waals surface area contributed by atoms with Crippen LogP contribution in [0.1, 0.15) is 12.0 Å². The molecule has 1 aromatic carbocycles. The number of nitrogens with two attached hydrogens (primary N) is 1. The van der Waals surface area contributed by atoms with Crippen LogP contribution in [0.25, 0.3) is 0 Å². The summed E-state index contributed by atoms with van der Waals surface area (Å²) in [6.07, 6.45) is 0.308. The third-order valence-corrected chi connectivity index (χ3v) is 6.07. The van der Waals surface area contributed by atoms with Crippen molar-refractivity contribution < 1.29 is 21.6 Å². The molecule has 0 aromatic heterocycles. The number of nitrogens with one attached hydrogen (secondary N) is 1. The van der Waals surface area contributed by atoms with E-state index in [1.165, 1.54) is 18.2 Å². The van der Waals surface area contributed by atoms with E-state index in [-0.39, 0.29) is 22.3 Å². The first kappa shape index (κ1) is 15.9. The third kappa shape index (κ3) is 3.80. The molecule has 9 heteroatoms. The van der Waals surface area contributed by atoms with Crippen molar-refractivity contribution in [3.8, 4) is 0 Å². The average molecular weight is 332 g/mol. The Morgan fingerprint density at radius 3 is 2.52 bits per heavy atom. The van der Waals surface area contributed by atoms with E-state index >= 15 is 0 Å². The van der Waals surface area contributed by atoms with Crippen LogP contribution >= 0.6 is 0 Å². The Morgan fingerprint density at radius 2 is 2.05 bits per heavy atom. The number of primary sulfonamides is 1. The van der Waals surface area contributed by atoms with E-state index in [9.17, 15) is 21.6 Å². The van der Waals surface area contributed by atoms with Gasteiger partial charge < -0.3 is 5.32 Å². The maximum absolute atomic E-state index is 12.0. The SMILES string of the molecule is Cc1cc(S(N)(=O)=O)ccc1NC(=O)C1CCS(=O)(=O)C1. The summed E-state index contributed by atoms with van der Waals surface area (Å²) in [6, 6.07) is 4.09. The van der Waals surface area contributed by atoms with Gasteiger partial charge in [0, 0.05) is 5.69 Å². The zero-order valence-corrected chi connectivity index (χ0v) is 13.0. The Balaban J connectivity index is 2.16. The number of aryl methyl sites for hydroxylation is 1. The molecule has 2 rings (SSSR count). The van der Waals surface area contributed by atoms with Crippen molar-refractivity contribution in [2.45, 2.75) is 18.2 Å². The van der Waals surface area contributed by atoms with Gasteiger partial charge in [0.05, 0.1) is 22.3 Å². The molecule has 7 nitrogen and oxygen atoms in total. The molecule has 0 bridgehead atoms. The number of hydrogen-bond donors (Lipinski definition) is 2. The largest absolute Gasteiger partial charge is 0.326 e. The van der Waals surface area contributed by atoms with Crippen molar-refractivity contribution in [1.29, 1.82) is 0 Å². The van der Waals surface area contributed by atoms with Crippen LogP contribution in [-0.4, -0.2) is 34.2 Å². The first-order valence-electron chi connectivity index (χ1n) is 6.23. The van der Waals surface area contributed by atoms with Crippen molar-refractivity contribution in [2.24, 2.45) is 11.1 Å². The lowest BCUT2D eigenvalue weighted by Crippen LogP contribution is -2.24. The van der Waals surface area contributed by atoms with Crippen molar-refractivity contribution in [1.82, 2.24) is 0 Å². The monoisotopic (exact) mass is 332 g/mol. The number of rotatable bonds is 3. The molecule has 1 aliphatic heterocycles. The molecule has 0 spiro atoms. The molecule has 0 radical (unpaired) electrons. The van der Waals surface area contributed by atoms with Gasteiger partial charge in [-0.1, -0.05) is 0 Å². The second-order valence-corrected chi connectivity index (χ2v) is 8.90. The molecule has 1 unspecified atom stereocenters. The zero-order chi connectivity index (χ0) is 15.8. The smallest absolute Gasteiger partial charge is 0.238 e. The second-order valence-electron chi connectivity index (χ2n) is 5.11. The van der Waals surface area contributed by atoms with E-state index in [0.29, 0.717) is 17.7 Å². The molecule has 1 aromatic rings. The summed E-state index contributed by atoms with van der Waals surface area (Å²) in [5.41, 5.74) is 0.979. The minimum atomic E-state index is -3.79. The van der Waals surface area contributed by atoms with Gasteiger partial charge in [-0.15, -0.1) is 0 Å². The number of amides is 1. The van der Waals surface area contributed by atoms with Gasteiger partial charge in [0.15, 0.2) is 9.84 Å². The van der Waals surface area contributed by atoms with Crippen LogP contribution in [0.2, 0.25) is 0 Å². The number of carbonyl (C=O) groups is 1. The maximum Gasteiger partial charge on any atom is 0.238 e. The Bertz CT molecular complexity index is 784. The predicted octanol–water partition coefficient (Wildman–Crippen LogP) is 0.0156. The average Bonchev–Trinajstić information content (AvgIpc) is 2.71. The van der Waals surface area contributed by atoms with E-state index in [4.69, 9.17) is 5.14 Å². The fraction of sp³-hybridized carbons (Fsp3) is 0.417. The second kappa shape index (κ2) is 5.39. The zero-order valence-electron chi connectivity index (χ0n) is 11.4. The Kier molecular flexibility index (Phi) is 4.09. The van der Waals surface area contributed by atoms with Crippen LogP contribution in [0, 0.1) is 12.8 Å². The summed E-state index contributed by atoms with van der Waals surface area (Å²) in [7, 11) is -6.92. The number of carbonyl (C=O) groups excluding carboxylic acids is 1. The van der Waals surface area contributed by atoms with Gasteiger partial charge in [-0.2, -0.15) is 0 Å². The van der Waals surface area contributed by atoms with Crippen molar-refractivity contribution in [3.05, 3.63) is 23.8 Å². The third-order valence-electron chi connectivity index (χ3n) is 3.39. The van der Waals surface area contributed by atoms with Gasteiger partial charge in [-0.3, -0.25) is 4.79 Å². The number of benzene rings is 1. The molecule has 1 fully saturated rings. The summed E-state index contributed by atoms with van der Waals surface area (Å²) in [5.74, 6) is -1.06. The van der Waals surface area contributed by atoms with Gasteiger partial charge in [0.2, 0.25) is 15.9 Å². The van der Waals surface area contributed by atoms with Gasteiger partial charge in [0.1, 0.15) is 0 Å². The summed E-state index contributed by atoms with van der Waals surface area (Å²) in [5, 5.41) is 7.65. The fourth-order valence-electron chi connectivity index (χ4n) is 2.19. The molecule has 1 saturated heterocycles. The van der Waals surface area contributed by atoms with E-state index in [1.54, 1.807) is 6.92 Å². The van der Waals surface area contributed by atoms with Crippen LogP contribution < -0.4 is 10.5 Å². The number of hydrogen-bond acceptors (Lipinski definition) is 5. The minimum Gasteiger partial charge on any atom is -0.326 e. The van der Waals surface area contributed by atoms with Gasteiger partial charge >= 0.3 is 0 Å². The highest BCUT2D eigenvalue weighted by molar-refractivity contribution is 7.91. The minimum absolute atomic E-state index is 0.0222. The van der Waals surface area contributed by atoms with Crippen molar-refractivity contribution in [3.63, 3.8) is 0 Å². The van der Waals surface area contributed by atoms with Crippen LogP contribution in [0.4, 0.5) is 5.69 Å². The molecular weight excluding hydrogens is 316 g/mol. The molecule has 0 aliphatic carbocycles. The normalized spacial score (nSPS) is 21.1. The van der Waals surface area contributed by atoms with Crippen LogP contribution in [0.5, 0.6) is 0 Å². The Labute approximate surface area is 123 Å². The molecule has 116 valence electrons. The van der Waals surface area contributed by atoms with Crippen LogP contribution in [0.3, 0.4) is 0 Å². The summed E-state index contributed by atoms with van der Waals surface area (Å²) in [4.78, 5) is 12.0. The van der Waals surface area contributed by atoms with Gasteiger partial charge in [-0.25, -0.2) is 22.0 Å². The quantitative estimate of drug-likeness (QED) is 0.807. The molecule has 0 saturated carbocycles. The lowest BCUT2D eigenvalue weighted by atomic mass is 10.1. The Morgan fingerprint density at radius 1 is 1.38 bits per heavy atom. The lowest BCUT2D eigenvalue weighted by molar-refractivity contribution is -0.119. The standard InChI is InChI=1S/C12H16N2O5S2/c1-8-6-10(21(13,18)19)2-3-11(8)14-12(15)9-4-5-20(16,17)7-9/h2-3,6,9H,4-5,7H2,1H3,(H,14,15)(H2,13,18,19). The van der Waals surface area contributed by atoms with Gasteiger partial charge in [0.25, 0.3) is 0 Å². The molecule has 3 N–H and O–H groups in total. The first-order chi connectivity index (χ1) is 9.58.